The van der Waals surface area contributed by atoms with Gasteiger partial charge in [-0.15, -0.1) is 0 Å². The maximum atomic E-state index is 12.9. The van der Waals surface area contributed by atoms with E-state index in [0.717, 1.165) is 37.8 Å². The molecule has 1 saturated heterocycles. The van der Waals surface area contributed by atoms with Gasteiger partial charge in [0.25, 0.3) is 5.91 Å². The van der Waals surface area contributed by atoms with Gasteiger partial charge in [0.1, 0.15) is 5.82 Å². The molecule has 0 bridgehead atoms. The Kier molecular flexibility index (Phi) is 4.56. The zero-order valence-corrected chi connectivity index (χ0v) is 16.1. The van der Waals surface area contributed by atoms with Crippen molar-refractivity contribution >= 4 is 23.4 Å². The lowest BCUT2D eigenvalue weighted by Crippen LogP contribution is -2.49. The van der Waals surface area contributed by atoms with E-state index in [1.165, 1.54) is 11.3 Å². The van der Waals surface area contributed by atoms with Crippen molar-refractivity contribution in [1.82, 2.24) is 19.9 Å². The van der Waals surface area contributed by atoms with Gasteiger partial charge >= 0.3 is 0 Å². The van der Waals surface area contributed by atoms with Gasteiger partial charge in [-0.05, 0) is 36.2 Å². The number of anilines is 3. The number of piperazine rings is 1. The maximum Gasteiger partial charge on any atom is 0.255 e. The summed E-state index contributed by atoms with van der Waals surface area (Å²) in [7, 11) is 0. The fourth-order valence-electron chi connectivity index (χ4n) is 4.00. The molecule has 2 aromatic heterocycles. The molecule has 0 aliphatic carbocycles. The molecular weight excluding hydrogens is 364 g/mol. The van der Waals surface area contributed by atoms with Crippen LogP contribution in [0.25, 0.3) is 0 Å². The Morgan fingerprint density at radius 1 is 0.828 bits per heavy atom. The fraction of sp³-hybridized carbons (Fsp3) is 0.273. The predicted octanol–water partition coefficient (Wildman–Crippen LogP) is 2.53. The summed E-state index contributed by atoms with van der Waals surface area (Å²) in [6, 6.07) is 14.0. The zero-order valence-electron chi connectivity index (χ0n) is 16.1. The molecule has 0 unspecified atom stereocenters. The molecule has 0 N–H and O–H groups in total. The molecule has 7 heteroatoms. The van der Waals surface area contributed by atoms with Crippen molar-refractivity contribution in [2.75, 3.05) is 42.5 Å². The van der Waals surface area contributed by atoms with Crippen LogP contribution in [0.15, 0.2) is 61.1 Å². The summed E-state index contributed by atoms with van der Waals surface area (Å²) >= 11 is 0. The van der Waals surface area contributed by atoms with Crippen LogP contribution in [0.1, 0.15) is 15.9 Å². The van der Waals surface area contributed by atoms with Gasteiger partial charge < -0.3 is 14.7 Å². The first-order valence-corrected chi connectivity index (χ1v) is 9.92. The summed E-state index contributed by atoms with van der Waals surface area (Å²) in [5.74, 6) is 1.63. The number of aromatic nitrogens is 3. The van der Waals surface area contributed by atoms with Crippen LogP contribution >= 0.6 is 0 Å². The first kappa shape index (κ1) is 17.6. The molecule has 0 atom stereocenters. The molecule has 1 amide bonds. The summed E-state index contributed by atoms with van der Waals surface area (Å²) in [6.45, 7) is 3.68. The highest BCUT2D eigenvalue weighted by molar-refractivity contribution is 5.94. The zero-order chi connectivity index (χ0) is 19.6. The fourth-order valence-corrected chi connectivity index (χ4v) is 4.00. The van der Waals surface area contributed by atoms with Gasteiger partial charge in [-0.3, -0.25) is 4.79 Å². The van der Waals surface area contributed by atoms with E-state index in [4.69, 9.17) is 0 Å². The molecule has 0 radical (unpaired) electrons. The molecule has 1 aromatic carbocycles. The lowest BCUT2D eigenvalue weighted by molar-refractivity contribution is 0.0746. The number of para-hydroxylation sites is 1. The summed E-state index contributed by atoms with van der Waals surface area (Å²) in [4.78, 5) is 32.3. The van der Waals surface area contributed by atoms with Gasteiger partial charge in [0.15, 0.2) is 0 Å². The second-order valence-corrected chi connectivity index (χ2v) is 7.26. The summed E-state index contributed by atoms with van der Waals surface area (Å²) in [5, 5.41) is 0. The van der Waals surface area contributed by atoms with Gasteiger partial charge in [0.05, 0.1) is 5.56 Å². The number of rotatable bonds is 3. The smallest absolute Gasteiger partial charge is 0.255 e. The van der Waals surface area contributed by atoms with Gasteiger partial charge in [-0.1, -0.05) is 18.2 Å². The third-order valence-electron chi connectivity index (χ3n) is 5.56. The van der Waals surface area contributed by atoms with E-state index < -0.39 is 0 Å². The van der Waals surface area contributed by atoms with Crippen LogP contribution in [0.4, 0.5) is 17.5 Å². The van der Waals surface area contributed by atoms with Crippen LogP contribution in [0.2, 0.25) is 0 Å². The predicted molar refractivity (Wildman–Crippen MR) is 112 cm³/mol. The van der Waals surface area contributed by atoms with Gasteiger partial charge in [-0.25, -0.2) is 15.0 Å². The number of carbonyl (C=O) groups is 1. The first-order valence-electron chi connectivity index (χ1n) is 9.92. The van der Waals surface area contributed by atoms with E-state index in [-0.39, 0.29) is 5.91 Å². The summed E-state index contributed by atoms with van der Waals surface area (Å²) < 4.78 is 0. The van der Waals surface area contributed by atoms with Crippen molar-refractivity contribution in [3.05, 3.63) is 72.2 Å². The lowest BCUT2D eigenvalue weighted by Gasteiger charge is -2.34. The highest BCUT2D eigenvalue weighted by atomic mass is 16.2. The third-order valence-corrected chi connectivity index (χ3v) is 5.56. The molecule has 29 heavy (non-hydrogen) atoms. The van der Waals surface area contributed by atoms with Crippen LogP contribution in [-0.4, -0.2) is 58.5 Å². The largest absolute Gasteiger partial charge is 0.337 e. The second kappa shape index (κ2) is 7.50. The first-order chi connectivity index (χ1) is 14.3. The van der Waals surface area contributed by atoms with E-state index in [1.54, 1.807) is 24.7 Å². The van der Waals surface area contributed by atoms with E-state index in [2.05, 4.69) is 49.0 Å². The van der Waals surface area contributed by atoms with Crippen molar-refractivity contribution in [2.45, 2.75) is 6.42 Å². The Morgan fingerprint density at radius 3 is 2.38 bits per heavy atom. The minimum atomic E-state index is 0.0273. The Bertz CT molecular complexity index is 999. The van der Waals surface area contributed by atoms with Crippen LogP contribution in [0.5, 0.6) is 0 Å². The van der Waals surface area contributed by atoms with Gasteiger partial charge in [0, 0.05) is 57.0 Å². The minimum absolute atomic E-state index is 0.0273. The average molecular weight is 386 g/mol. The number of benzene rings is 1. The summed E-state index contributed by atoms with van der Waals surface area (Å²) in [5.41, 5.74) is 3.18. The Morgan fingerprint density at radius 2 is 1.62 bits per heavy atom. The molecular formula is C22H22N6O. The Balaban J connectivity index is 1.25. The maximum absolute atomic E-state index is 12.9. The van der Waals surface area contributed by atoms with Crippen molar-refractivity contribution in [2.24, 2.45) is 0 Å². The average Bonchev–Trinajstić information content (AvgIpc) is 3.24. The minimum Gasteiger partial charge on any atom is -0.337 e. The van der Waals surface area contributed by atoms with E-state index in [9.17, 15) is 4.79 Å². The normalized spacial score (nSPS) is 16.1. The molecule has 3 aromatic rings. The quantitative estimate of drug-likeness (QED) is 0.689. The van der Waals surface area contributed by atoms with Crippen molar-refractivity contribution in [3.8, 4) is 0 Å². The highest BCUT2D eigenvalue weighted by Gasteiger charge is 2.25. The molecule has 2 aliphatic heterocycles. The Labute approximate surface area is 169 Å². The third kappa shape index (κ3) is 3.40. The SMILES string of the molecule is O=C(c1ccc(N2CCc3ccccc32)nc1)N1CCN(c2ncccn2)CC1. The standard InChI is InChI=1S/C22H22N6O/c29-21(26-12-14-27(15-13-26)22-23-9-3-10-24-22)18-6-7-20(25-16-18)28-11-8-17-4-1-2-5-19(17)28/h1-7,9-10,16H,8,11-15H2. The molecule has 1 fully saturated rings. The number of amides is 1. The molecule has 146 valence electrons. The second-order valence-electron chi connectivity index (χ2n) is 7.26. The van der Waals surface area contributed by atoms with Crippen molar-refractivity contribution in [3.63, 3.8) is 0 Å². The molecule has 0 spiro atoms. The number of carbonyl (C=O) groups excluding carboxylic acids is 1. The van der Waals surface area contributed by atoms with Crippen LogP contribution in [0, 0.1) is 0 Å². The van der Waals surface area contributed by atoms with Crippen LogP contribution < -0.4 is 9.80 Å². The molecule has 7 nitrogen and oxygen atoms in total. The van der Waals surface area contributed by atoms with Crippen LogP contribution in [-0.2, 0) is 6.42 Å². The molecule has 5 rings (SSSR count). The van der Waals surface area contributed by atoms with Crippen LogP contribution in [0.3, 0.4) is 0 Å². The van der Waals surface area contributed by atoms with Crippen molar-refractivity contribution < 1.29 is 4.79 Å². The van der Waals surface area contributed by atoms with Crippen molar-refractivity contribution in [1.29, 1.82) is 0 Å². The molecule has 4 heterocycles. The van der Waals surface area contributed by atoms with Gasteiger partial charge in [-0.2, -0.15) is 0 Å². The highest BCUT2D eigenvalue weighted by Crippen LogP contribution is 2.33. The monoisotopic (exact) mass is 386 g/mol. The Hall–Kier alpha value is -3.48. The van der Waals surface area contributed by atoms with E-state index in [1.807, 2.05) is 17.0 Å². The molecule has 2 aliphatic rings. The number of nitrogens with zero attached hydrogens (tertiary/aromatic N) is 6. The van der Waals surface area contributed by atoms with Gasteiger partial charge in [0.2, 0.25) is 5.95 Å². The number of pyridine rings is 1. The molecule has 0 saturated carbocycles. The van der Waals surface area contributed by atoms with E-state index in [0.29, 0.717) is 18.7 Å². The van der Waals surface area contributed by atoms with E-state index >= 15 is 0 Å². The summed E-state index contributed by atoms with van der Waals surface area (Å²) in [6.07, 6.45) is 6.21. The number of hydrogen-bond donors (Lipinski definition) is 0. The number of fused-ring (bicyclic) bond motifs is 1. The lowest BCUT2D eigenvalue weighted by atomic mass is 10.2. The number of hydrogen-bond acceptors (Lipinski definition) is 6. The topological polar surface area (TPSA) is 65.5 Å².